The Kier molecular flexibility index (Phi) is 18.2. The second-order valence-corrected chi connectivity index (χ2v) is 14.7. The number of nitrogens with two attached hydrogens (primary N) is 1. The minimum Gasteiger partial charge on any atom is -0.384 e. The van der Waals surface area contributed by atoms with E-state index < -0.39 is 9.85 Å². The summed E-state index contributed by atoms with van der Waals surface area (Å²) in [6.45, 7) is 7.05. The number of nitrogens with one attached hydrogen (secondary N) is 1. The van der Waals surface area contributed by atoms with Gasteiger partial charge in [0.2, 0.25) is 0 Å². The largest absolute Gasteiger partial charge is 0.384 e. The Morgan fingerprint density at radius 2 is 1.08 bits per heavy atom. The highest BCUT2D eigenvalue weighted by molar-refractivity contribution is 9.10. The molecule has 0 radical (unpaired) electrons. The molecule has 0 unspecified atom stereocenters. The van der Waals surface area contributed by atoms with Crippen molar-refractivity contribution < 1.29 is 9.85 Å². The van der Waals surface area contributed by atoms with Gasteiger partial charge in [0.1, 0.15) is 5.82 Å². The zero-order chi connectivity index (χ0) is 38.9. The second kappa shape index (κ2) is 22.2. The van der Waals surface area contributed by atoms with Gasteiger partial charge >= 0.3 is 11.6 Å². The van der Waals surface area contributed by atoms with Crippen molar-refractivity contribution in [3.8, 4) is 0 Å². The van der Waals surface area contributed by atoms with Crippen molar-refractivity contribution in [1.82, 2.24) is 35.0 Å². The smallest absolute Gasteiger partial charge is 0.363 e. The number of hydrogen-bond acceptors (Lipinski definition) is 14. The molecule has 3 aliphatic rings. The van der Waals surface area contributed by atoms with E-state index in [1.807, 2.05) is 25.4 Å². The van der Waals surface area contributed by atoms with Crippen LogP contribution in [0, 0.1) is 20.2 Å². The average molecular weight is 802 g/mol. The molecule has 3 N–H and O–H groups in total. The molecule has 6 rings (SSSR count). The van der Waals surface area contributed by atoms with Gasteiger partial charge in [-0.25, -0.2) is 4.98 Å². The van der Waals surface area contributed by atoms with E-state index in [-0.39, 0.29) is 11.6 Å². The first-order valence-corrected chi connectivity index (χ1v) is 18.8. The van der Waals surface area contributed by atoms with Crippen LogP contribution in [-0.2, 0) is 0 Å². The molecular weight excluding hydrogens is 744 g/mol. The summed E-state index contributed by atoms with van der Waals surface area (Å²) in [7, 11) is 12.7. The van der Waals surface area contributed by atoms with E-state index in [9.17, 15) is 20.2 Å². The Bertz CT molecular complexity index is 1500. The molecule has 3 saturated heterocycles. The Morgan fingerprint density at radius 1 is 0.679 bits per heavy atom. The first-order valence-electron chi connectivity index (χ1n) is 18.0. The molecule has 0 saturated carbocycles. The molecule has 0 bridgehead atoms. The number of rotatable bonds is 7. The van der Waals surface area contributed by atoms with Gasteiger partial charge in [-0.2, -0.15) is 0 Å². The molecule has 3 aromatic heterocycles. The van der Waals surface area contributed by atoms with Gasteiger partial charge in [0.05, 0.1) is 22.0 Å². The predicted octanol–water partition coefficient (Wildman–Crippen LogP) is 4.77. The summed E-state index contributed by atoms with van der Waals surface area (Å²) < 4.78 is 0.734. The lowest BCUT2D eigenvalue weighted by atomic mass is 10.0. The van der Waals surface area contributed by atoms with Crippen molar-refractivity contribution >= 4 is 44.8 Å². The summed E-state index contributed by atoms with van der Waals surface area (Å²) in [6, 6.07) is 11.9. The van der Waals surface area contributed by atoms with Gasteiger partial charge in [-0.05, 0) is 166 Å². The van der Waals surface area contributed by atoms with Crippen molar-refractivity contribution in [2.24, 2.45) is 0 Å². The molecular formula is C36H57BrN12O4. The number of nitrogens with zero attached hydrogens (tertiary/aromatic N) is 10. The van der Waals surface area contributed by atoms with E-state index in [1.165, 1.54) is 70.2 Å². The summed E-state index contributed by atoms with van der Waals surface area (Å²) in [6.07, 6.45) is 12.1. The molecule has 3 aromatic rings. The van der Waals surface area contributed by atoms with Gasteiger partial charge < -0.3 is 55.8 Å². The summed E-state index contributed by atoms with van der Waals surface area (Å²) in [5, 5.41) is 23.9. The number of nitrogen functional groups attached to an aromatic ring is 1. The van der Waals surface area contributed by atoms with Crippen LogP contribution in [0.4, 0.5) is 28.8 Å². The number of likely N-dealkylation sites (tertiary alicyclic amines) is 3. The highest BCUT2D eigenvalue weighted by Crippen LogP contribution is 2.23. The number of anilines is 3. The number of piperidine rings is 3. The number of hydrogen-bond donors (Lipinski definition) is 2. The average Bonchev–Trinajstić information content (AvgIpc) is 3.16. The van der Waals surface area contributed by atoms with Crippen LogP contribution in [0.2, 0.25) is 0 Å². The van der Waals surface area contributed by atoms with Crippen molar-refractivity contribution in [3.63, 3.8) is 0 Å². The summed E-state index contributed by atoms with van der Waals surface area (Å²) in [5.74, 6) is 0.347. The lowest BCUT2D eigenvalue weighted by molar-refractivity contribution is -0.389. The van der Waals surface area contributed by atoms with Gasteiger partial charge in [-0.3, -0.25) is 0 Å². The number of aromatic nitrogens is 3. The molecule has 17 heteroatoms. The van der Waals surface area contributed by atoms with Crippen LogP contribution in [-0.4, -0.2) is 139 Å². The highest BCUT2D eigenvalue weighted by atomic mass is 79.9. The van der Waals surface area contributed by atoms with E-state index in [0.29, 0.717) is 17.9 Å². The van der Waals surface area contributed by atoms with Crippen LogP contribution in [0.25, 0.3) is 0 Å². The fourth-order valence-electron chi connectivity index (χ4n) is 6.26. The third-order valence-corrected chi connectivity index (χ3v) is 10.5. The normalized spacial score (nSPS) is 17.6. The van der Waals surface area contributed by atoms with Crippen LogP contribution in [0.3, 0.4) is 0 Å². The highest BCUT2D eigenvalue weighted by Gasteiger charge is 2.23. The van der Waals surface area contributed by atoms with Crippen molar-refractivity contribution in [3.05, 3.63) is 79.7 Å². The van der Waals surface area contributed by atoms with E-state index >= 15 is 0 Å². The van der Waals surface area contributed by atoms with E-state index in [2.05, 4.69) is 95.9 Å². The lowest BCUT2D eigenvalue weighted by Crippen LogP contribution is -2.42. The third-order valence-electron chi connectivity index (χ3n) is 10.0. The van der Waals surface area contributed by atoms with E-state index in [0.717, 1.165) is 47.8 Å². The van der Waals surface area contributed by atoms with Gasteiger partial charge in [0.15, 0.2) is 12.4 Å². The zero-order valence-electron chi connectivity index (χ0n) is 32.0. The Morgan fingerprint density at radius 3 is 1.42 bits per heavy atom. The van der Waals surface area contributed by atoms with Gasteiger partial charge in [0, 0.05) is 44.4 Å². The molecule has 6 heterocycles. The third kappa shape index (κ3) is 15.1. The van der Waals surface area contributed by atoms with Crippen molar-refractivity contribution in [1.29, 1.82) is 0 Å². The Hall–Kier alpha value is -4.03. The lowest BCUT2D eigenvalue weighted by Gasteiger charge is -2.36. The van der Waals surface area contributed by atoms with E-state index in [1.54, 1.807) is 18.3 Å². The fraction of sp³-hybridized carbons (Fsp3) is 0.583. The molecule has 3 fully saturated rings. The maximum atomic E-state index is 10.5. The quantitative estimate of drug-likeness (QED) is 0.247. The summed E-state index contributed by atoms with van der Waals surface area (Å²) in [4.78, 5) is 42.7. The minimum atomic E-state index is -0.535. The van der Waals surface area contributed by atoms with Crippen LogP contribution in [0.1, 0.15) is 38.5 Å². The second-order valence-electron chi connectivity index (χ2n) is 13.8. The van der Waals surface area contributed by atoms with Crippen LogP contribution >= 0.6 is 15.9 Å². The van der Waals surface area contributed by atoms with E-state index in [4.69, 9.17) is 5.73 Å². The predicted molar refractivity (Wildman–Crippen MR) is 216 cm³/mol. The molecule has 0 spiro atoms. The van der Waals surface area contributed by atoms with Gasteiger partial charge in [-0.1, -0.05) is 0 Å². The summed E-state index contributed by atoms with van der Waals surface area (Å²) >= 11 is 3.11. The molecule has 16 nitrogen and oxygen atoms in total. The topological polar surface area (TPSA) is 179 Å². The maximum absolute atomic E-state index is 10.5. The molecule has 292 valence electrons. The van der Waals surface area contributed by atoms with Crippen molar-refractivity contribution in [2.75, 3.05) is 97.1 Å². The fourth-order valence-corrected chi connectivity index (χ4v) is 6.49. The molecule has 53 heavy (non-hydrogen) atoms. The van der Waals surface area contributed by atoms with Gasteiger partial charge in [0.25, 0.3) is 0 Å². The standard InChI is InChI=1S/C12H18N4O2.C12H20N4.C7H16N2.C5H3BrN2O2/c1-14-7-5-10(6-8-14)15(2)11-3-4-12(13-9-11)16(17)18;1-15-7-5-10(6-8-15)16(2)11-3-4-12(13)14-9-11;1-8-7-3-5-9(2)6-4-7;6-4-1-2-5(7-3-4)8(9)10/h3-4,9-10H,5-8H2,1-2H3;3-4,9-10H,5-8H2,1-2H3,(H2,13,14);7-8H,3-6H2,1-2H3;1-3H. The number of pyridine rings is 3. The van der Waals surface area contributed by atoms with Gasteiger partial charge in [-0.15, -0.1) is 0 Å². The maximum Gasteiger partial charge on any atom is 0.363 e. The first-order chi connectivity index (χ1) is 25.3. The van der Waals surface area contributed by atoms with Crippen LogP contribution < -0.4 is 20.9 Å². The molecule has 0 aliphatic carbocycles. The molecule has 0 atom stereocenters. The van der Waals surface area contributed by atoms with Crippen LogP contribution in [0.5, 0.6) is 0 Å². The molecule has 3 aliphatic heterocycles. The first kappa shape index (κ1) is 43.4. The van der Waals surface area contributed by atoms with Crippen LogP contribution in [0.15, 0.2) is 59.5 Å². The molecule has 0 amide bonds. The SMILES string of the molecule is CN1CCC(N(C)c2ccc(N)nc2)CC1.CN1CCC(N(C)c2ccc([N+](=O)[O-])nc2)CC1.CNC1CCN(C)CC1.O=[N+]([O-])c1ccc(Br)cn1. The number of nitro groups is 2. The minimum absolute atomic E-state index is 0.101. The Balaban J connectivity index is 0.000000198. The monoisotopic (exact) mass is 800 g/mol. The zero-order valence-corrected chi connectivity index (χ0v) is 33.6. The Labute approximate surface area is 322 Å². The number of halogens is 1. The molecule has 0 aromatic carbocycles. The van der Waals surface area contributed by atoms with Crippen molar-refractivity contribution in [2.45, 2.75) is 56.7 Å². The summed E-state index contributed by atoms with van der Waals surface area (Å²) in [5.41, 5.74) is 7.68.